The molecule has 8 heteroatoms. The Balaban J connectivity index is 1.43. The minimum atomic E-state index is -0.708. The molecule has 0 bridgehead atoms. The third kappa shape index (κ3) is 3.36. The van der Waals surface area contributed by atoms with E-state index in [1.165, 1.54) is 12.1 Å². The van der Waals surface area contributed by atoms with Gasteiger partial charge in [-0.2, -0.15) is 0 Å². The molecule has 164 valence electrons. The van der Waals surface area contributed by atoms with Gasteiger partial charge in [0.05, 0.1) is 11.0 Å². The summed E-state index contributed by atoms with van der Waals surface area (Å²) in [5, 5.41) is 14.2. The molecule has 2 aliphatic heterocycles. The van der Waals surface area contributed by atoms with Gasteiger partial charge in [0.1, 0.15) is 11.6 Å². The van der Waals surface area contributed by atoms with E-state index in [1.807, 2.05) is 18.4 Å². The van der Waals surface area contributed by atoms with Crippen molar-refractivity contribution in [2.45, 2.75) is 51.5 Å². The van der Waals surface area contributed by atoms with Gasteiger partial charge in [-0.05, 0) is 68.7 Å². The van der Waals surface area contributed by atoms with Crippen molar-refractivity contribution >= 4 is 23.2 Å². The van der Waals surface area contributed by atoms with Crippen molar-refractivity contribution in [3.63, 3.8) is 0 Å². The molecule has 0 aliphatic carbocycles. The van der Waals surface area contributed by atoms with Gasteiger partial charge >= 0.3 is 0 Å². The molecule has 2 N–H and O–H groups in total. The van der Waals surface area contributed by atoms with Gasteiger partial charge < -0.3 is 15.2 Å². The van der Waals surface area contributed by atoms with Crippen LogP contribution < -0.4 is 10.6 Å². The second-order valence-corrected chi connectivity index (χ2v) is 8.89. The van der Waals surface area contributed by atoms with Gasteiger partial charge in [-0.1, -0.05) is 6.42 Å². The van der Waals surface area contributed by atoms with Crippen molar-refractivity contribution in [2.75, 3.05) is 10.6 Å². The summed E-state index contributed by atoms with van der Waals surface area (Å²) in [5.74, 6) is 0.516. The first-order valence-electron chi connectivity index (χ1n) is 10.8. The number of anilines is 2. The van der Waals surface area contributed by atoms with Crippen LogP contribution in [0.25, 0.3) is 11.4 Å². The number of benzene rings is 2. The lowest BCUT2D eigenvalue weighted by Crippen LogP contribution is -2.27. The third-order valence-electron chi connectivity index (χ3n) is 6.35. The van der Waals surface area contributed by atoms with Crippen molar-refractivity contribution in [1.82, 2.24) is 14.8 Å². The van der Waals surface area contributed by atoms with Crippen LogP contribution in [-0.2, 0) is 23.2 Å². The second-order valence-electron chi connectivity index (χ2n) is 8.89. The number of aryl methyl sites for hydroxylation is 1. The Morgan fingerprint density at radius 2 is 1.97 bits per heavy atom. The average Bonchev–Trinajstić information content (AvgIpc) is 3.15. The lowest BCUT2D eigenvalue weighted by molar-refractivity contribution is -0.119. The monoisotopic (exact) mass is 433 g/mol. The lowest BCUT2D eigenvalue weighted by Gasteiger charge is -2.16. The maximum Gasteiger partial charge on any atom is 0.255 e. The molecular weight excluding hydrogens is 409 g/mol. The molecule has 0 saturated carbocycles. The van der Waals surface area contributed by atoms with Crippen LogP contribution in [-0.4, -0.2) is 26.6 Å². The highest BCUT2D eigenvalue weighted by Crippen LogP contribution is 2.38. The van der Waals surface area contributed by atoms with Crippen LogP contribution in [0.2, 0.25) is 0 Å². The zero-order valence-corrected chi connectivity index (χ0v) is 18.0. The predicted molar refractivity (Wildman–Crippen MR) is 119 cm³/mol. The molecule has 5 rings (SSSR count). The molecule has 2 amide bonds. The first kappa shape index (κ1) is 20.4. The minimum Gasteiger partial charge on any atom is -0.325 e. The highest BCUT2D eigenvalue weighted by atomic mass is 19.1. The number of hydrogen-bond donors (Lipinski definition) is 2. The van der Waals surface area contributed by atoms with Crippen LogP contribution in [0.3, 0.4) is 0 Å². The van der Waals surface area contributed by atoms with Gasteiger partial charge in [0.15, 0.2) is 5.82 Å². The van der Waals surface area contributed by atoms with Crippen LogP contribution in [0.1, 0.15) is 54.9 Å². The average molecular weight is 433 g/mol. The fraction of sp³-hybridized carbons (Fsp3) is 0.333. The molecule has 1 aromatic heterocycles. The Morgan fingerprint density at radius 1 is 1.12 bits per heavy atom. The van der Waals surface area contributed by atoms with Crippen molar-refractivity contribution in [3.8, 4) is 11.4 Å². The van der Waals surface area contributed by atoms with Gasteiger partial charge in [-0.25, -0.2) is 4.39 Å². The summed E-state index contributed by atoms with van der Waals surface area (Å²) in [4.78, 5) is 25.1. The molecule has 3 aromatic rings. The van der Waals surface area contributed by atoms with Crippen molar-refractivity contribution < 1.29 is 14.0 Å². The Kier molecular flexibility index (Phi) is 4.80. The Morgan fingerprint density at radius 3 is 2.81 bits per heavy atom. The van der Waals surface area contributed by atoms with E-state index in [2.05, 4.69) is 20.8 Å². The van der Waals surface area contributed by atoms with Crippen LogP contribution in [0.15, 0.2) is 36.4 Å². The van der Waals surface area contributed by atoms with E-state index in [1.54, 1.807) is 24.3 Å². The summed E-state index contributed by atoms with van der Waals surface area (Å²) in [6.45, 7) is 4.40. The molecular formula is C24H24FN5O2. The topological polar surface area (TPSA) is 88.9 Å². The number of nitrogens with zero attached hydrogens (tertiary/aromatic N) is 3. The number of halogens is 1. The van der Waals surface area contributed by atoms with Crippen LogP contribution in [0.4, 0.5) is 15.8 Å². The normalized spacial score (nSPS) is 16.7. The first-order chi connectivity index (χ1) is 15.3. The summed E-state index contributed by atoms with van der Waals surface area (Å²) < 4.78 is 16.7. The highest BCUT2D eigenvalue weighted by Gasteiger charge is 2.38. The Hall–Kier alpha value is -3.55. The molecule has 32 heavy (non-hydrogen) atoms. The van der Waals surface area contributed by atoms with E-state index < -0.39 is 11.2 Å². The van der Waals surface area contributed by atoms with Crippen LogP contribution in [0, 0.1) is 5.82 Å². The Bertz CT molecular complexity index is 1250. The summed E-state index contributed by atoms with van der Waals surface area (Å²) >= 11 is 0. The number of fused-ring (bicyclic) bond motifs is 2. The lowest BCUT2D eigenvalue weighted by atomic mass is 9.85. The predicted octanol–water partition coefficient (Wildman–Crippen LogP) is 4.29. The van der Waals surface area contributed by atoms with E-state index in [9.17, 15) is 14.0 Å². The summed E-state index contributed by atoms with van der Waals surface area (Å²) in [7, 11) is 0. The number of amides is 2. The van der Waals surface area contributed by atoms with E-state index in [0.717, 1.165) is 43.6 Å². The van der Waals surface area contributed by atoms with E-state index in [4.69, 9.17) is 0 Å². The second kappa shape index (κ2) is 7.55. The van der Waals surface area contributed by atoms with Gasteiger partial charge in [0, 0.05) is 29.9 Å². The Labute approximate surface area is 185 Å². The first-order valence-corrected chi connectivity index (χ1v) is 10.8. The molecule has 2 aromatic carbocycles. The fourth-order valence-electron chi connectivity index (χ4n) is 4.37. The van der Waals surface area contributed by atoms with Gasteiger partial charge in [-0.15, -0.1) is 10.2 Å². The van der Waals surface area contributed by atoms with Crippen LogP contribution in [0.5, 0.6) is 0 Å². The van der Waals surface area contributed by atoms with Gasteiger partial charge in [-0.3, -0.25) is 9.59 Å². The molecule has 3 heterocycles. The van der Waals surface area contributed by atoms with Gasteiger partial charge in [0.2, 0.25) is 5.91 Å². The fourth-order valence-corrected chi connectivity index (χ4v) is 4.37. The summed E-state index contributed by atoms with van der Waals surface area (Å²) in [5.41, 5.74) is 1.99. The number of hydrogen-bond acceptors (Lipinski definition) is 4. The molecule has 0 spiro atoms. The van der Waals surface area contributed by atoms with Crippen LogP contribution >= 0.6 is 0 Å². The molecule has 0 fully saturated rings. The van der Waals surface area contributed by atoms with Crippen molar-refractivity contribution in [1.29, 1.82) is 0 Å². The smallest absolute Gasteiger partial charge is 0.255 e. The molecule has 0 atom stereocenters. The maximum absolute atomic E-state index is 14.7. The number of rotatable bonds is 3. The zero-order valence-electron chi connectivity index (χ0n) is 18.0. The molecule has 0 unspecified atom stereocenters. The molecule has 7 nitrogen and oxygen atoms in total. The quantitative estimate of drug-likeness (QED) is 0.645. The van der Waals surface area contributed by atoms with E-state index in [-0.39, 0.29) is 11.8 Å². The third-order valence-corrected chi connectivity index (χ3v) is 6.35. The minimum absolute atomic E-state index is 0.0966. The molecule has 0 saturated heterocycles. The van der Waals surface area contributed by atoms with Crippen molar-refractivity contribution in [2.24, 2.45) is 0 Å². The zero-order chi connectivity index (χ0) is 22.5. The maximum atomic E-state index is 14.7. The number of aromatic nitrogens is 3. The number of carbonyl (C=O) groups is 2. The highest BCUT2D eigenvalue weighted by molar-refractivity contribution is 6.09. The molecule has 0 radical (unpaired) electrons. The largest absolute Gasteiger partial charge is 0.325 e. The summed E-state index contributed by atoms with van der Waals surface area (Å²) in [6.07, 6.45) is 3.99. The standard InChI is InChI=1S/C24H24FN5O2/c1-24(2)17-12-14(7-10-19(17)27-23(24)32)22(31)26-15-8-9-18(25)16(13-15)21-29-28-20-6-4-3-5-11-30(20)21/h7-10,12-13H,3-6,11H2,1-2H3,(H,26,31)(H,27,32). The van der Waals surface area contributed by atoms with Gasteiger partial charge in [0.25, 0.3) is 5.91 Å². The number of nitrogens with one attached hydrogen (secondary N) is 2. The van der Waals surface area contributed by atoms with E-state index >= 15 is 0 Å². The number of carbonyl (C=O) groups excluding carboxylic acids is 2. The van der Waals surface area contributed by atoms with E-state index in [0.29, 0.717) is 28.3 Å². The molecule has 2 aliphatic rings. The SMILES string of the molecule is CC1(C)C(=O)Nc2ccc(C(=O)Nc3ccc(F)c(-c4nnc5n4CCCCC5)c3)cc21. The summed E-state index contributed by atoms with van der Waals surface area (Å²) in [6, 6.07) is 9.58. The van der Waals surface area contributed by atoms with Crippen molar-refractivity contribution in [3.05, 3.63) is 59.2 Å².